The summed E-state index contributed by atoms with van der Waals surface area (Å²) in [5, 5.41) is 2.29. The van der Waals surface area contributed by atoms with Crippen LogP contribution in [0.5, 0.6) is 0 Å². The number of likely N-dealkylation sites (tertiary alicyclic amines) is 1. The second-order valence-corrected chi connectivity index (χ2v) is 5.07. The Hall–Kier alpha value is -0.820. The topological polar surface area (TPSA) is 35.6 Å². The summed E-state index contributed by atoms with van der Waals surface area (Å²) in [6.07, 6.45) is -2.37. The number of carbonyl (C=O) groups excluding carboxylic acids is 1. The Morgan fingerprint density at radius 3 is 2.72 bits per heavy atom. The van der Waals surface area contributed by atoms with E-state index >= 15 is 0 Å². The summed E-state index contributed by atoms with van der Waals surface area (Å²) in [4.78, 5) is 14.6. The van der Waals surface area contributed by atoms with Gasteiger partial charge in [-0.25, -0.2) is 0 Å². The Balaban J connectivity index is 2.03. The molecular formula is C11H18F3N3O. The zero-order chi connectivity index (χ0) is 13.3. The number of carbonyl (C=O) groups is 1. The van der Waals surface area contributed by atoms with Gasteiger partial charge in [-0.3, -0.25) is 9.69 Å². The molecule has 0 aromatic rings. The van der Waals surface area contributed by atoms with Gasteiger partial charge in [0.1, 0.15) is 6.04 Å². The third-order valence-electron chi connectivity index (χ3n) is 3.77. The number of halogens is 3. The molecule has 2 atom stereocenters. The lowest BCUT2D eigenvalue weighted by atomic mass is 10.1. The molecule has 0 aromatic heterocycles. The van der Waals surface area contributed by atoms with E-state index in [9.17, 15) is 18.0 Å². The molecule has 1 N–H and O–H groups in total. The van der Waals surface area contributed by atoms with Gasteiger partial charge in [0.05, 0.1) is 6.54 Å². The lowest BCUT2D eigenvalue weighted by Crippen LogP contribution is -2.61. The monoisotopic (exact) mass is 265 g/mol. The first kappa shape index (κ1) is 13.6. The highest BCUT2D eigenvalue weighted by molar-refractivity contribution is 5.78. The van der Waals surface area contributed by atoms with Crippen LogP contribution >= 0.6 is 0 Å². The molecule has 2 aliphatic heterocycles. The molecule has 4 nitrogen and oxygen atoms in total. The van der Waals surface area contributed by atoms with E-state index in [0.29, 0.717) is 6.54 Å². The Labute approximate surface area is 104 Å². The number of nitrogens with one attached hydrogen (secondary N) is 1. The summed E-state index contributed by atoms with van der Waals surface area (Å²) < 4.78 is 38.6. The van der Waals surface area contributed by atoms with E-state index in [-0.39, 0.29) is 25.0 Å². The average molecular weight is 265 g/mol. The van der Waals surface area contributed by atoms with Crippen LogP contribution < -0.4 is 5.32 Å². The van der Waals surface area contributed by atoms with Crippen molar-refractivity contribution in [1.82, 2.24) is 15.1 Å². The molecule has 2 fully saturated rings. The largest absolute Gasteiger partial charge is 0.405 e. The summed E-state index contributed by atoms with van der Waals surface area (Å²) in [5.74, 6) is -0.323. The van der Waals surface area contributed by atoms with Crippen molar-refractivity contribution in [2.24, 2.45) is 0 Å². The Kier molecular flexibility index (Phi) is 3.82. The van der Waals surface area contributed by atoms with Crippen molar-refractivity contribution in [2.75, 3.05) is 33.2 Å². The van der Waals surface area contributed by atoms with E-state index < -0.39 is 12.2 Å². The van der Waals surface area contributed by atoms with Crippen LogP contribution in [0.1, 0.15) is 12.8 Å². The minimum absolute atomic E-state index is 0.126. The first-order valence-corrected chi connectivity index (χ1v) is 6.15. The molecule has 0 radical (unpaired) electrons. The van der Waals surface area contributed by atoms with E-state index in [1.54, 1.807) is 0 Å². The van der Waals surface area contributed by atoms with Crippen molar-refractivity contribution < 1.29 is 18.0 Å². The first-order chi connectivity index (χ1) is 8.38. The van der Waals surface area contributed by atoms with Crippen LogP contribution in [0.3, 0.4) is 0 Å². The molecular weight excluding hydrogens is 247 g/mol. The van der Waals surface area contributed by atoms with Crippen LogP contribution in [-0.4, -0.2) is 67.2 Å². The van der Waals surface area contributed by atoms with Crippen molar-refractivity contribution in [3.8, 4) is 0 Å². The van der Waals surface area contributed by atoms with Crippen molar-refractivity contribution in [1.29, 1.82) is 0 Å². The maximum absolute atomic E-state index is 12.9. The molecule has 2 saturated heterocycles. The van der Waals surface area contributed by atoms with Crippen LogP contribution in [0.4, 0.5) is 13.2 Å². The maximum atomic E-state index is 12.9. The fourth-order valence-corrected chi connectivity index (χ4v) is 2.69. The Morgan fingerprint density at radius 2 is 2.17 bits per heavy atom. The average Bonchev–Trinajstić information content (AvgIpc) is 2.62. The van der Waals surface area contributed by atoms with Gasteiger partial charge in [-0.05, 0) is 26.4 Å². The second-order valence-electron chi connectivity index (χ2n) is 5.07. The highest BCUT2D eigenvalue weighted by atomic mass is 19.4. The molecule has 0 saturated carbocycles. The number of nitrogens with zero attached hydrogens (tertiary/aromatic N) is 2. The molecule has 2 heterocycles. The van der Waals surface area contributed by atoms with E-state index in [1.165, 1.54) is 4.90 Å². The van der Waals surface area contributed by atoms with Crippen LogP contribution in [0.2, 0.25) is 0 Å². The van der Waals surface area contributed by atoms with Gasteiger partial charge in [-0.2, -0.15) is 13.2 Å². The molecule has 7 heteroatoms. The molecule has 0 spiro atoms. The smallest absolute Gasteiger partial charge is 0.353 e. The number of piperazine rings is 1. The number of amides is 1. The van der Waals surface area contributed by atoms with E-state index in [2.05, 4.69) is 10.2 Å². The minimum Gasteiger partial charge on any atom is -0.353 e. The third-order valence-corrected chi connectivity index (χ3v) is 3.77. The molecule has 0 bridgehead atoms. The lowest BCUT2D eigenvalue weighted by Gasteiger charge is -2.38. The maximum Gasteiger partial charge on any atom is 0.405 e. The summed E-state index contributed by atoms with van der Waals surface area (Å²) >= 11 is 0. The highest BCUT2D eigenvalue weighted by Crippen LogP contribution is 2.27. The second kappa shape index (κ2) is 5.05. The number of rotatable bonds is 2. The van der Waals surface area contributed by atoms with Crippen LogP contribution in [0.15, 0.2) is 0 Å². The van der Waals surface area contributed by atoms with Gasteiger partial charge in [-0.1, -0.05) is 0 Å². The Bertz CT molecular complexity index is 321. The van der Waals surface area contributed by atoms with Crippen molar-refractivity contribution in [2.45, 2.75) is 31.1 Å². The van der Waals surface area contributed by atoms with Gasteiger partial charge in [0.15, 0.2) is 0 Å². The quantitative estimate of drug-likeness (QED) is 0.787. The number of hydrogen-bond acceptors (Lipinski definition) is 3. The fourth-order valence-electron chi connectivity index (χ4n) is 2.69. The molecule has 0 aromatic carbocycles. The van der Waals surface area contributed by atoms with Gasteiger partial charge in [0, 0.05) is 19.1 Å². The predicted octanol–water partition coefficient (Wildman–Crippen LogP) is 0.443. The predicted molar refractivity (Wildman–Crippen MR) is 60.1 cm³/mol. The van der Waals surface area contributed by atoms with Crippen LogP contribution in [-0.2, 0) is 4.79 Å². The fraction of sp³-hybridized carbons (Fsp3) is 0.909. The van der Waals surface area contributed by atoms with Gasteiger partial charge >= 0.3 is 6.18 Å². The van der Waals surface area contributed by atoms with E-state index in [4.69, 9.17) is 0 Å². The van der Waals surface area contributed by atoms with Gasteiger partial charge in [-0.15, -0.1) is 0 Å². The highest BCUT2D eigenvalue weighted by Gasteiger charge is 2.46. The SMILES string of the molecule is CN1CCCC1CN1CC(=O)NCC1C(F)(F)F. The molecule has 104 valence electrons. The Morgan fingerprint density at radius 1 is 1.44 bits per heavy atom. The minimum atomic E-state index is -4.29. The number of likely N-dealkylation sites (N-methyl/N-ethyl adjacent to an activating group) is 1. The summed E-state index contributed by atoms with van der Waals surface area (Å²) in [6.45, 7) is 0.739. The van der Waals surface area contributed by atoms with Crippen LogP contribution in [0, 0.1) is 0 Å². The normalized spacial score (nSPS) is 31.7. The molecule has 1 amide bonds. The van der Waals surface area contributed by atoms with E-state index in [0.717, 1.165) is 19.4 Å². The molecule has 2 aliphatic rings. The van der Waals surface area contributed by atoms with Gasteiger partial charge in [0.25, 0.3) is 0 Å². The van der Waals surface area contributed by atoms with Crippen LogP contribution in [0.25, 0.3) is 0 Å². The number of hydrogen-bond donors (Lipinski definition) is 1. The number of alkyl halides is 3. The third kappa shape index (κ3) is 2.95. The van der Waals surface area contributed by atoms with Crippen molar-refractivity contribution in [3.05, 3.63) is 0 Å². The van der Waals surface area contributed by atoms with Gasteiger partial charge < -0.3 is 10.2 Å². The zero-order valence-corrected chi connectivity index (χ0v) is 10.3. The van der Waals surface area contributed by atoms with E-state index in [1.807, 2.05) is 7.05 Å². The summed E-state index contributed by atoms with van der Waals surface area (Å²) in [7, 11) is 1.92. The summed E-state index contributed by atoms with van der Waals surface area (Å²) in [5.41, 5.74) is 0. The zero-order valence-electron chi connectivity index (χ0n) is 10.3. The molecule has 2 rings (SSSR count). The first-order valence-electron chi connectivity index (χ1n) is 6.15. The molecule has 18 heavy (non-hydrogen) atoms. The molecule has 0 aliphatic carbocycles. The van der Waals surface area contributed by atoms with Crippen molar-refractivity contribution in [3.63, 3.8) is 0 Å². The van der Waals surface area contributed by atoms with Gasteiger partial charge in [0.2, 0.25) is 5.91 Å². The van der Waals surface area contributed by atoms with Crippen molar-refractivity contribution >= 4 is 5.91 Å². The summed E-state index contributed by atoms with van der Waals surface area (Å²) in [6, 6.07) is -1.43. The molecule has 2 unspecified atom stereocenters. The lowest BCUT2D eigenvalue weighted by molar-refractivity contribution is -0.190. The standard InChI is InChI=1S/C11H18F3N3O/c1-16-4-2-3-8(16)6-17-7-10(18)15-5-9(17)11(12,13)14/h8-9H,2-7H2,1H3,(H,15,18).